The second-order valence-electron chi connectivity index (χ2n) is 5.77. The van der Waals surface area contributed by atoms with Crippen LogP contribution in [0.1, 0.15) is 25.5 Å². The Labute approximate surface area is 161 Å². The smallest absolute Gasteiger partial charge is 0.233 e. The zero-order chi connectivity index (χ0) is 18.4. The number of anilines is 2. The zero-order valence-electron chi connectivity index (χ0n) is 14.5. The van der Waals surface area contributed by atoms with Crippen LogP contribution in [-0.4, -0.2) is 21.4 Å². The van der Waals surface area contributed by atoms with E-state index in [4.69, 9.17) is 0 Å². The van der Waals surface area contributed by atoms with E-state index in [1.807, 2.05) is 74.5 Å². The Bertz CT molecular complexity index is 839. The van der Waals surface area contributed by atoms with Gasteiger partial charge in [-0.2, -0.15) is 0 Å². The maximum absolute atomic E-state index is 12.4. The van der Waals surface area contributed by atoms with Crippen LogP contribution in [-0.2, 0) is 4.79 Å². The van der Waals surface area contributed by atoms with Gasteiger partial charge in [0.25, 0.3) is 0 Å². The molecule has 2 unspecified atom stereocenters. The zero-order valence-corrected chi connectivity index (χ0v) is 16.2. The Morgan fingerprint density at radius 1 is 1.00 bits per heavy atom. The second kappa shape index (κ2) is 8.82. The Balaban J connectivity index is 1.54. The molecule has 1 aromatic heterocycles. The van der Waals surface area contributed by atoms with E-state index in [-0.39, 0.29) is 17.2 Å². The van der Waals surface area contributed by atoms with Crippen molar-refractivity contribution in [2.45, 2.75) is 29.5 Å². The lowest BCUT2D eigenvalue weighted by molar-refractivity contribution is -0.120. The molecular weight excluding hydrogens is 364 g/mol. The van der Waals surface area contributed by atoms with E-state index in [0.29, 0.717) is 5.13 Å². The number of amides is 1. The summed E-state index contributed by atoms with van der Waals surface area (Å²) in [6, 6.07) is 19.7. The van der Waals surface area contributed by atoms with Crippen LogP contribution < -0.4 is 10.6 Å². The van der Waals surface area contributed by atoms with Gasteiger partial charge in [0.2, 0.25) is 11.0 Å². The minimum absolute atomic E-state index is 0.0147. The maximum atomic E-state index is 12.4. The van der Waals surface area contributed by atoms with Crippen molar-refractivity contribution in [1.29, 1.82) is 0 Å². The number of thioether (sulfide) groups is 1. The lowest BCUT2D eigenvalue weighted by atomic mass is 10.1. The van der Waals surface area contributed by atoms with Gasteiger partial charge in [-0.1, -0.05) is 71.6 Å². The van der Waals surface area contributed by atoms with E-state index in [1.165, 1.54) is 23.1 Å². The third kappa shape index (κ3) is 5.06. The van der Waals surface area contributed by atoms with Gasteiger partial charge in [-0.15, -0.1) is 10.2 Å². The second-order valence-corrected chi connectivity index (χ2v) is 8.33. The average Bonchev–Trinajstić information content (AvgIpc) is 3.10. The molecule has 2 aromatic carbocycles. The van der Waals surface area contributed by atoms with Gasteiger partial charge in [-0.05, 0) is 31.5 Å². The number of carbonyl (C=O) groups is 1. The lowest BCUT2D eigenvalue weighted by Gasteiger charge is -2.17. The van der Waals surface area contributed by atoms with Crippen molar-refractivity contribution in [3.8, 4) is 0 Å². The highest BCUT2D eigenvalue weighted by molar-refractivity contribution is 8.02. The summed E-state index contributed by atoms with van der Waals surface area (Å²) in [6.07, 6.45) is 0. The fraction of sp³-hybridized carbons (Fsp3) is 0.211. The van der Waals surface area contributed by atoms with E-state index in [2.05, 4.69) is 20.8 Å². The molecule has 1 amide bonds. The number of rotatable bonds is 7. The number of nitrogens with zero attached hydrogens (tertiary/aromatic N) is 2. The number of para-hydroxylation sites is 1. The van der Waals surface area contributed by atoms with Crippen LogP contribution in [0, 0.1) is 0 Å². The third-order valence-electron chi connectivity index (χ3n) is 3.74. The van der Waals surface area contributed by atoms with Crippen LogP contribution in [0.15, 0.2) is 65.0 Å². The highest BCUT2D eigenvalue weighted by Gasteiger charge is 2.19. The van der Waals surface area contributed by atoms with Crippen molar-refractivity contribution in [3.63, 3.8) is 0 Å². The molecule has 0 saturated carbocycles. The van der Waals surface area contributed by atoms with Crippen LogP contribution in [0.4, 0.5) is 10.8 Å². The fourth-order valence-electron chi connectivity index (χ4n) is 2.31. The number of benzene rings is 2. The van der Waals surface area contributed by atoms with E-state index < -0.39 is 0 Å². The van der Waals surface area contributed by atoms with E-state index in [0.717, 1.165) is 15.6 Å². The van der Waals surface area contributed by atoms with Gasteiger partial charge in [0.15, 0.2) is 4.34 Å². The van der Waals surface area contributed by atoms with Crippen molar-refractivity contribution < 1.29 is 4.79 Å². The molecule has 0 aliphatic rings. The number of hydrogen-bond donors (Lipinski definition) is 2. The molecule has 3 rings (SSSR count). The highest BCUT2D eigenvalue weighted by atomic mass is 32.2. The summed E-state index contributed by atoms with van der Waals surface area (Å²) < 4.78 is 0.762. The van der Waals surface area contributed by atoms with Crippen LogP contribution in [0.5, 0.6) is 0 Å². The SMILES string of the molecule is CC(Sc1nnc(Nc2ccccc2)s1)C(=O)NC(C)c1ccccc1. The molecule has 5 nitrogen and oxygen atoms in total. The molecule has 0 radical (unpaired) electrons. The van der Waals surface area contributed by atoms with Crippen molar-refractivity contribution in [1.82, 2.24) is 15.5 Å². The predicted molar refractivity (Wildman–Crippen MR) is 108 cm³/mol. The van der Waals surface area contributed by atoms with E-state index >= 15 is 0 Å². The lowest BCUT2D eigenvalue weighted by Crippen LogP contribution is -2.33. The van der Waals surface area contributed by atoms with Gasteiger partial charge in [0, 0.05) is 5.69 Å². The molecule has 0 saturated heterocycles. The molecular formula is C19H20N4OS2. The molecule has 26 heavy (non-hydrogen) atoms. The van der Waals surface area contributed by atoms with Gasteiger partial charge in [-0.25, -0.2) is 0 Å². The number of aromatic nitrogens is 2. The normalized spacial score (nSPS) is 13.0. The summed E-state index contributed by atoms with van der Waals surface area (Å²) in [7, 11) is 0. The summed E-state index contributed by atoms with van der Waals surface area (Å²) in [5.41, 5.74) is 2.05. The summed E-state index contributed by atoms with van der Waals surface area (Å²) >= 11 is 2.85. The van der Waals surface area contributed by atoms with E-state index in [9.17, 15) is 4.79 Å². The van der Waals surface area contributed by atoms with Gasteiger partial charge >= 0.3 is 0 Å². The molecule has 0 bridgehead atoms. The number of carbonyl (C=O) groups excluding carboxylic acids is 1. The molecule has 7 heteroatoms. The van der Waals surface area contributed by atoms with Crippen molar-refractivity contribution in [2.75, 3.05) is 5.32 Å². The summed E-state index contributed by atoms with van der Waals surface area (Å²) in [5, 5.41) is 15.0. The Kier molecular flexibility index (Phi) is 6.25. The fourth-order valence-corrected chi connectivity index (χ4v) is 4.24. The van der Waals surface area contributed by atoms with Gasteiger partial charge < -0.3 is 10.6 Å². The molecule has 134 valence electrons. The predicted octanol–water partition coefficient (Wildman–Crippen LogP) is 4.64. The highest BCUT2D eigenvalue weighted by Crippen LogP contribution is 2.30. The maximum Gasteiger partial charge on any atom is 0.233 e. The minimum atomic E-state index is -0.251. The van der Waals surface area contributed by atoms with Crippen LogP contribution in [0.3, 0.4) is 0 Å². The molecule has 0 fully saturated rings. The van der Waals surface area contributed by atoms with Crippen LogP contribution in [0.25, 0.3) is 0 Å². The van der Waals surface area contributed by atoms with Gasteiger partial charge in [0.05, 0.1) is 11.3 Å². The van der Waals surface area contributed by atoms with Gasteiger partial charge in [-0.3, -0.25) is 4.79 Å². The van der Waals surface area contributed by atoms with E-state index in [1.54, 1.807) is 0 Å². The molecule has 0 aliphatic heterocycles. The minimum Gasteiger partial charge on any atom is -0.349 e. The summed E-state index contributed by atoms with van der Waals surface area (Å²) in [5.74, 6) is -0.0147. The molecule has 1 heterocycles. The first-order valence-electron chi connectivity index (χ1n) is 8.29. The first-order valence-corrected chi connectivity index (χ1v) is 9.99. The quantitative estimate of drug-likeness (QED) is 0.581. The number of hydrogen-bond acceptors (Lipinski definition) is 6. The third-order valence-corrected chi connectivity index (χ3v) is 5.76. The van der Waals surface area contributed by atoms with Crippen LogP contribution >= 0.6 is 23.1 Å². The van der Waals surface area contributed by atoms with Gasteiger partial charge in [0.1, 0.15) is 0 Å². The van der Waals surface area contributed by atoms with Crippen molar-refractivity contribution in [3.05, 3.63) is 66.2 Å². The summed E-state index contributed by atoms with van der Waals surface area (Å²) in [4.78, 5) is 12.4. The standard InChI is InChI=1S/C19H20N4OS2/c1-13(15-9-5-3-6-10-15)20-17(24)14(2)25-19-23-22-18(26-19)21-16-11-7-4-8-12-16/h3-14H,1-2H3,(H,20,24)(H,21,22). The molecule has 2 N–H and O–H groups in total. The largest absolute Gasteiger partial charge is 0.349 e. The molecule has 0 aliphatic carbocycles. The van der Waals surface area contributed by atoms with Crippen LogP contribution in [0.2, 0.25) is 0 Å². The number of nitrogens with one attached hydrogen (secondary N) is 2. The monoisotopic (exact) mass is 384 g/mol. The first kappa shape index (κ1) is 18.4. The summed E-state index contributed by atoms with van der Waals surface area (Å²) in [6.45, 7) is 3.86. The Morgan fingerprint density at radius 3 is 2.35 bits per heavy atom. The molecule has 0 spiro atoms. The molecule has 3 aromatic rings. The van der Waals surface area contributed by atoms with Crippen molar-refractivity contribution >= 4 is 39.8 Å². The average molecular weight is 385 g/mol. The molecule has 2 atom stereocenters. The van der Waals surface area contributed by atoms with Crippen molar-refractivity contribution in [2.24, 2.45) is 0 Å². The Morgan fingerprint density at radius 2 is 1.65 bits per heavy atom. The first-order chi connectivity index (χ1) is 12.6. The Hall–Kier alpha value is -2.38. The topological polar surface area (TPSA) is 66.9 Å².